The van der Waals surface area contributed by atoms with Gasteiger partial charge in [-0.3, -0.25) is 25.1 Å². The van der Waals surface area contributed by atoms with Gasteiger partial charge in [-0.25, -0.2) is 19.4 Å². The molecule has 4 unspecified atom stereocenters. The molecule has 1 saturated carbocycles. The smallest absolute Gasteiger partial charge is 0.496 e. The number of anilines is 1. The quantitative estimate of drug-likeness (QED) is 0.0158. The number of pyridine rings is 1. The van der Waals surface area contributed by atoms with Gasteiger partial charge in [-0.2, -0.15) is 11.8 Å². The van der Waals surface area contributed by atoms with Crippen molar-refractivity contribution in [1.82, 2.24) is 26.3 Å². The van der Waals surface area contributed by atoms with Crippen LogP contribution in [-0.4, -0.2) is 109 Å². The van der Waals surface area contributed by atoms with E-state index in [4.69, 9.17) is 33.8 Å². The van der Waals surface area contributed by atoms with Crippen LogP contribution in [0.5, 0.6) is 5.75 Å². The van der Waals surface area contributed by atoms with Crippen LogP contribution < -0.4 is 31.3 Å². The Balaban J connectivity index is 1.07. The zero-order chi connectivity index (χ0) is 49.8. The Bertz CT molecular complexity index is 2440. The number of carbonyl (C=O) groups is 6. The normalized spacial score (nSPS) is 17.7. The zero-order valence-electron chi connectivity index (χ0n) is 39.3. The van der Waals surface area contributed by atoms with Crippen molar-refractivity contribution in [2.75, 3.05) is 31.3 Å². The van der Waals surface area contributed by atoms with Crippen molar-refractivity contribution in [3.8, 4) is 16.9 Å². The van der Waals surface area contributed by atoms with E-state index in [0.29, 0.717) is 53.2 Å². The Morgan fingerprint density at radius 2 is 1.68 bits per heavy atom. The summed E-state index contributed by atoms with van der Waals surface area (Å²) >= 11 is 1.92. The second kappa shape index (κ2) is 23.8. The van der Waals surface area contributed by atoms with E-state index in [9.17, 15) is 28.8 Å². The van der Waals surface area contributed by atoms with Gasteiger partial charge >= 0.3 is 24.2 Å². The predicted molar refractivity (Wildman–Crippen MR) is 258 cm³/mol. The molecular weight excluding hydrogens is 911 g/mol. The molecule has 3 aromatic rings. The first-order chi connectivity index (χ1) is 33.0. The molecule has 0 spiro atoms. The summed E-state index contributed by atoms with van der Waals surface area (Å²) in [7, 11) is 1.42. The minimum atomic E-state index is -1.43. The van der Waals surface area contributed by atoms with Gasteiger partial charge in [0, 0.05) is 64.4 Å². The van der Waals surface area contributed by atoms with Gasteiger partial charge in [0.15, 0.2) is 5.69 Å². The number of hydrogen-bond donors (Lipinski definition) is 6. The number of hydrogen-bond acceptors (Lipinski definition) is 17. The van der Waals surface area contributed by atoms with Gasteiger partial charge < -0.3 is 49.7 Å². The topological polar surface area (TPSA) is 255 Å². The first kappa shape index (κ1) is 51.3. The van der Waals surface area contributed by atoms with Crippen molar-refractivity contribution >= 4 is 65.4 Å². The van der Waals surface area contributed by atoms with E-state index in [-0.39, 0.29) is 58.5 Å². The highest BCUT2D eigenvalue weighted by atomic mass is 32.2. The summed E-state index contributed by atoms with van der Waals surface area (Å²) in [5, 5.41) is 23.7. The molecule has 69 heavy (non-hydrogen) atoms. The van der Waals surface area contributed by atoms with Crippen molar-refractivity contribution in [3.05, 3.63) is 95.6 Å². The zero-order valence-corrected chi connectivity index (χ0v) is 40.1. The van der Waals surface area contributed by atoms with Gasteiger partial charge in [0.1, 0.15) is 30.0 Å². The van der Waals surface area contributed by atoms with Crippen LogP contribution in [0.25, 0.3) is 17.2 Å². The van der Waals surface area contributed by atoms with Crippen LogP contribution in [0.1, 0.15) is 109 Å². The molecule has 6 N–H and O–H groups in total. The number of fused-ring (bicyclic) bond motifs is 1. The van der Waals surface area contributed by atoms with Crippen LogP contribution in [0.15, 0.2) is 67.5 Å². The number of amides is 3. The molecule has 1 aromatic heterocycles. The molecule has 19 nitrogen and oxygen atoms in total. The van der Waals surface area contributed by atoms with E-state index in [1.807, 2.05) is 11.8 Å². The fraction of sp³-hybridized carbons (Fsp3) is 0.429. The van der Waals surface area contributed by atoms with Crippen LogP contribution in [0.3, 0.4) is 0 Å². The third kappa shape index (κ3) is 14.5. The van der Waals surface area contributed by atoms with E-state index in [2.05, 4.69) is 44.7 Å². The number of rotatable bonds is 21. The number of methoxy groups -OCH3 is 1. The largest absolute Gasteiger partial charge is 0.511 e. The molecule has 5 atom stereocenters. The number of nitrogens with one attached hydrogen (secondary N) is 6. The lowest BCUT2D eigenvalue weighted by molar-refractivity contribution is -0.146. The van der Waals surface area contributed by atoms with Crippen molar-refractivity contribution in [2.45, 2.75) is 102 Å². The standard InChI is InChI=1S/C49H59N7O12S/c1-8-31-21-36(35(22-39(31)63-7)34-19-20-37(46(59)51-23-30-13-14-30)55-42(34)47(60)67-29(6)68-49(62)65-26(2)3)45(58)54-33-17-15-32(16-18-33)44(50)56-48(61)66-27(4)24-64-41(57)12-10-9-11-40-43-38(25-69-40)52-28(5)53-43/h8,15-22,26-27,29-30,38,40,43,52-53H,1,5,9-14,23-25H2,2-4,6-7H3,(H,51,59)(H,54,58)(H2,50,56,61)/t27?,29?,38?,40-,43?/m1/s1. The number of nitrogens with zero attached hydrogens (tertiary/aromatic N) is 1. The summed E-state index contributed by atoms with van der Waals surface area (Å²) in [6.45, 7) is 14.2. The highest BCUT2D eigenvalue weighted by molar-refractivity contribution is 8.00. The Morgan fingerprint density at radius 1 is 0.928 bits per heavy atom. The number of benzene rings is 2. The lowest BCUT2D eigenvalue weighted by Gasteiger charge is -2.19. The molecule has 3 amide bonds. The number of ether oxygens (including phenoxy) is 6. The molecule has 368 valence electrons. The van der Waals surface area contributed by atoms with Crippen LogP contribution in [0, 0.1) is 11.3 Å². The Labute approximate surface area is 404 Å². The lowest BCUT2D eigenvalue weighted by Crippen LogP contribution is -2.36. The van der Waals surface area contributed by atoms with Crippen molar-refractivity contribution < 1.29 is 57.2 Å². The summed E-state index contributed by atoms with van der Waals surface area (Å²) < 4.78 is 31.8. The number of esters is 2. The van der Waals surface area contributed by atoms with Gasteiger partial charge in [-0.15, -0.1) is 0 Å². The van der Waals surface area contributed by atoms with Crippen LogP contribution in [0.2, 0.25) is 0 Å². The molecule has 0 radical (unpaired) electrons. The molecular formula is C49H59N7O12S. The van der Waals surface area contributed by atoms with Crippen molar-refractivity contribution in [1.29, 1.82) is 5.41 Å². The number of alkyl carbamates (subject to hydrolysis) is 1. The fourth-order valence-corrected chi connectivity index (χ4v) is 9.07. The number of amidine groups is 1. The van der Waals surface area contributed by atoms with Crippen molar-refractivity contribution in [2.24, 2.45) is 5.92 Å². The number of carbonyl (C=O) groups excluding carboxylic acids is 6. The second-order valence-electron chi connectivity index (χ2n) is 17.0. The molecule has 6 rings (SSSR count). The van der Waals surface area contributed by atoms with Crippen LogP contribution >= 0.6 is 11.8 Å². The third-order valence-corrected chi connectivity index (χ3v) is 12.7. The minimum absolute atomic E-state index is 0.0431. The SMILES string of the molecule is C=Cc1cc(C(=O)Nc2ccc(C(=N)NC(=O)OC(C)COC(=O)CCCC[C@H]3SCC4NC(=C)NC43)cc2)c(-c2ccc(C(=O)NCC3CC3)nc2C(=O)OC(C)OC(=O)OC(C)C)cc1OC. The Morgan fingerprint density at radius 3 is 2.38 bits per heavy atom. The number of aromatic nitrogens is 1. The predicted octanol–water partition coefficient (Wildman–Crippen LogP) is 6.92. The third-order valence-electron chi connectivity index (χ3n) is 11.2. The molecule has 0 bridgehead atoms. The summed E-state index contributed by atoms with van der Waals surface area (Å²) in [4.78, 5) is 82.8. The molecule has 2 aromatic carbocycles. The average Bonchev–Trinajstić information content (AvgIpc) is 3.97. The average molecular weight is 970 g/mol. The summed E-state index contributed by atoms with van der Waals surface area (Å²) in [5.41, 5.74) is 0.857. The molecule has 2 aliphatic heterocycles. The molecule has 3 aliphatic rings. The first-order valence-electron chi connectivity index (χ1n) is 22.7. The monoisotopic (exact) mass is 969 g/mol. The summed E-state index contributed by atoms with van der Waals surface area (Å²) in [6, 6.07) is 12.7. The van der Waals surface area contributed by atoms with Gasteiger partial charge in [-0.1, -0.05) is 25.7 Å². The van der Waals surface area contributed by atoms with E-state index in [1.54, 1.807) is 20.8 Å². The lowest BCUT2D eigenvalue weighted by atomic mass is 9.94. The first-order valence-corrected chi connectivity index (χ1v) is 23.8. The minimum Gasteiger partial charge on any atom is -0.496 e. The van der Waals surface area contributed by atoms with E-state index < -0.39 is 48.5 Å². The Hall–Kier alpha value is -7.09. The van der Waals surface area contributed by atoms with Gasteiger partial charge in [0.05, 0.1) is 31.1 Å². The van der Waals surface area contributed by atoms with Crippen LogP contribution in [-0.2, 0) is 28.5 Å². The highest BCUT2D eigenvalue weighted by Crippen LogP contribution is 2.36. The molecule has 3 heterocycles. The second-order valence-corrected chi connectivity index (χ2v) is 18.3. The molecule has 3 fully saturated rings. The maximum absolute atomic E-state index is 14.2. The maximum atomic E-state index is 14.2. The van der Waals surface area contributed by atoms with E-state index >= 15 is 0 Å². The van der Waals surface area contributed by atoms with Crippen LogP contribution in [0.4, 0.5) is 15.3 Å². The van der Waals surface area contributed by atoms with E-state index in [1.165, 1.54) is 68.6 Å². The maximum Gasteiger partial charge on any atom is 0.511 e. The Kier molecular flexibility index (Phi) is 17.7. The molecule has 20 heteroatoms. The number of unbranched alkanes of at least 4 members (excludes halogenated alkanes) is 1. The van der Waals surface area contributed by atoms with Crippen molar-refractivity contribution in [3.63, 3.8) is 0 Å². The fourth-order valence-electron chi connectivity index (χ4n) is 7.52. The highest BCUT2D eigenvalue weighted by Gasteiger charge is 2.40. The van der Waals surface area contributed by atoms with Gasteiger partial charge in [0.25, 0.3) is 11.8 Å². The van der Waals surface area contributed by atoms with E-state index in [0.717, 1.165) is 37.3 Å². The van der Waals surface area contributed by atoms with Gasteiger partial charge in [-0.05, 0) is 101 Å². The molecule has 1 aliphatic carbocycles. The van der Waals surface area contributed by atoms with Gasteiger partial charge in [0.2, 0.25) is 6.29 Å². The summed E-state index contributed by atoms with van der Waals surface area (Å²) in [6.07, 6.45) is 1.56. The molecule has 2 saturated heterocycles. The summed E-state index contributed by atoms with van der Waals surface area (Å²) in [5.74, 6) is -0.354. The number of thioether (sulfide) groups is 1.